The van der Waals surface area contributed by atoms with Gasteiger partial charge in [-0.1, -0.05) is 0 Å². The summed E-state index contributed by atoms with van der Waals surface area (Å²) in [6, 6.07) is 0. The number of rotatable bonds is 3. The topological polar surface area (TPSA) is 67.2 Å². The molecule has 2 aliphatic rings. The van der Waals surface area contributed by atoms with E-state index in [4.69, 9.17) is 4.98 Å². The average Bonchev–Trinajstić information content (AvgIpc) is 2.94. The van der Waals surface area contributed by atoms with Crippen molar-refractivity contribution in [2.75, 3.05) is 26.7 Å². The summed E-state index contributed by atoms with van der Waals surface area (Å²) >= 11 is 0. The van der Waals surface area contributed by atoms with E-state index in [1.165, 1.54) is 16.8 Å². The number of fused-ring (bicyclic) bond motifs is 1. The third-order valence-electron chi connectivity index (χ3n) is 6.38. The van der Waals surface area contributed by atoms with E-state index >= 15 is 0 Å². The van der Waals surface area contributed by atoms with E-state index < -0.39 is 0 Å². The summed E-state index contributed by atoms with van der Waals surface area (Å²) in [5.41, 5.74) is 5.71. The van der Waals surface area contributed by atoms with Crippen molar-refractivity contribution in [3.63, 3.8) is 0 Å². The van der Waals surface area contributed by atoms with Crippen LogP contribution in [-0.4, -0.2) is 62.1 Å². The molecule has 0 aromatic carbocycles. The van der Waals surface area contributed by atoms with Crippen molar-refractivity contribution in [3.8, 4) is 0 Å². The molecule has 2 aromatic heterocycles. The van der Waals surface area contributed by atoms with Crippen LogP contribution in [0, 0.1) is 20.8 Å². The quantitative estimate of drug-likeness (QED) is 0.812. The largest absolute Gasteiger partial charge is 0.341 e. The van der Waals surface area contributed by atoms with Gasteiger partial charge in [0.05, 0.1) is 5.69 Å². The van der Waals surface area contributed by atoms with Crippen molar-refractivity contribution in [3.05, 3.63) is 40.2 Å². The van der Waals surface area contributed by atoms with Gasteiger partial charge in [0.1, 0.15) is 12.4 Å². The molecule has 0 N–H and O–H groups in total. The Labute approximate surface area is 166 Å². The van der Waals surface area contributed by atoms with E-state index in [0.717, 1.165) is 62.7 Å². The summed E-state index contributed by atoms with van der Waals surface area (Å²) in [6.07, 6.45) is 4.87. The van der Waals surface area contributed by atoms with Crippen molar-refractivity contribution in [2.24, 2.45) is 0 Å². The fraction of sp³-hybridized carbons (Fsp3) is 0.619. The number of aryl methyl sites for hydroxylation is 1. The van der Waals surface area contributed by atoms with E-state index in [9.17, 15) is 4.79 Å². The molecule has 4 heterocycles. The summed E-state index contributed by atoms with van der Waals surface area (Å²) in [5.74, 6) is 1.47. The Morgan fingerprint density at radius 3 is 2.61 bits per heavy atom. The van der Waals surface area contributed by atoms with Gasteiger partial charge in [0.25, 0.3) is 0 Å². The number of aromatic nitrogens is 4. The predicted octanol–water partition coefficient (Wildman–Crippen LogP) is 1.99. The van der Waals surface area contributed by atoms with Crippen LogP contribution < -0.4 is 0 Å². The number of hydrogen-bond donors (Lipinski definition) is 0. The fourth-order valence-corrected chi connectivity index (χ4v) is 4.22. The second-order valence-corrected chi connectivity index (χ2v) is 8.30. The smallest absolute Gasteiger partial charge is 0.244 e. The van der Waals surface area contributed by atoms with Crippen molar-refractivity contribution in [2.45, 2.75) is 59.0 Å². The van der Waals surface area contributed by atoms with Gasteiger partial charge >= 0.3 is 0 Å². The van der Waals surface area contributed by atoms with E-state index in [1.54, 1.807) is 0 Å². The van der Waals surface area contributed by atoms with E-state index in [2.05, 4.69) is 29.0 Å². The lowest BCUT2D eigenvalue weighted by molar-refractivity contribution is -0.133. The third-order valence-corrected chi connectivity index (χ3v) is 6.38. The highest BCUT2D eigenvalue weighted by atomic mass is 16.2. The highest BCUT2D eigenvalue weighted by molar-refractivity contribution is 5.76. The van der Waals surface area contributed by atoms with E-state index in [1.807, 2.05) is 29.6 Å². The molecule has 1 saturated heterocycles. The molecular formula is C21H30N6O. The minimum atomic E-state index is 0.151. The summed E-state index contributed by atoms with van der Waals surface area (Å²) in [7, 11) is 2.14. The normalized spacial score (nSPS) is 18.4. The Bertz CT molecular complexity index is 881. The van der Waals surface area contributed by atoms with Crippen LogP contribution in [0.2, 0.25) is 0 Å². The lowest BCUT2D eigenvalue weighted by atomic mass is 9.95. The van der Waals surface area contributed by atoms with Crippen LogP contribution in [0.15, 0.2) is 6.20 Å². The molecule has 7 nitrogen and oxygen atoms in total. The Balaban J connectivity index is 1.37. The van der Waals surface area contributed by atoms with Gasteiger partial charge < -0.3 is 9.80 Å². The number of likely N-dealkylation sites (N-methyl/N-ethyl adjacent to an activating group) is 1. The third kappa shape index (κ3) is 3.68. The molecule has 0 aliphatic carbocycles. The Morgan fingerprint density at radius 2 is 1.93 bits per heavy atom. The number of nitrogens with zero attached hydrogens (tertiary/aromatic N) is 6. The van der Waals surface area contributed by atoms with E-state index in [0.29, 0.717) is 12.5 Å². The van der Waals surface area contributed by atoms with Crippen LogP contribution >= 0.6 is 0 Å². The Morgan fingerprint density at radius 1 is 1.18 bits per heavy atom. The molecular weight excluding hydrogens is 352 g/mol. The van der Waals surface area contributed by atoms with Gasteiger partial charge in [0, 0.05) is 61.7 Å². The van der Waals surface area contributed by atoms with Gasteiger partial charge in [-0.25, -0.2) is 9.97 Å². The maximum atomic E-state index is 12.7. The van der Waals surface area contributed by atoms with Crippen molar-refractivity contribution < 1.29 is 4.79 Å². The van der Waals surface area contributed by atoms with Gasteiger partial charge in [-0.15, -0.1) is 0 Å². The minimum Gasteiger partial charge on any atom is -0.341 e. The molecule has 0 spiro atoms. The zero-order chi connectivity index (χ0) is 19.8. The number of likely N-dealkylation sites (tertiary alicyclic amines) is 1. The molecule has 2 aliphatic heterocycles. The second-order valence-electron chi connectivity index (χ2n) is 8.30. The highest BCUT2D eigenvalue weighted by Gasteiger charge is 2.27. The molecule has 1 amide bonds. The average molecular weight is 383 g/mol. The van der Waals surface area contributed by atoms with Crippen LogP contribution in [0.5, 0.6) is 0 Å². The summed E-state index contributed by atoms with van der Waals surface area (Å²) in [6.45, 7) is 9.94. The highest BCUT2D eigenvalue weighted by Crippen LogP contribution is 2.27. The molecule has 28 heavy (non-hydrogen) atoms. The Hall–Kier alpha value is -2.28. The molecule has 4 rings (SSSR count). The van der Waals surface area contributed by atoms with Gasteiger partial charge in [0.15, 0.2) is 0 Å². The molecule has 0 radical (unpaired) electrons. The van der Waals surface area contributed by atoms with Gasteiger partial charge in [-0.05, 0) is 46.2 Å². The first-order valence-corrected chi connectivity index (χ1v) is 10.2. The first-order chi connectivity index (χ1) is 13.4. The predicted molar refractivity (Wildman–Crippen MR) is 107 cm³/mol. The lowest BCUT2D eigenvalue weighted by Gasteiger charge is -2.32. The van der Waals surface area contributed by atoms with Crippen LogP contribution in [0.4, 0.5) is 0 Å². The summed E-state index contributed by atoms with van der Waals surface area (Å²) in [4.78, 5) is 26.5. The fourth-order valence-electron chi connectivity index (χ4n) is 4.22. The minimum absolute atomic E-state index is 0.151. The first-order valence-electron chi connectivity index (χ1n) is 10.2. The van der Waals surface area contributed by atoms with Crippen molar-refractivity contribution >= 4 is 5.91 Å². The maximum Gasteiger partial charge on any atom is 0.244 e. The SMILES string of the molecule is Cc1nn(CC(=O)N2CCC(c3ncc4c(n3)CCN(C)C4)CC2)c(C)c1C. The number of carbonyl (C=O) groups is 1. The zero-order valence-electron chi connectivity index (χ0n) is 17.4. The van der Waals surface area contributed by atoms with Gasteiger partial charge in [-0.2, -0.15) is 5.10 Å². The first kappa shape index (κ1) is 19.1. The zero-order valence-corrected chi connectivity index (χ0v) is 17.4. The molecule has 0 bridgehead atoms. The summed E-state index contributed by atoms with van der Waals surface area (Å²) in [5, 5.41) is 4.50. The molecule has 0 atom stereocenters. The van der Waals surface area contributed by atoms with Crippen molar-refractivity contribution in [1.82, 2.24) is 29.5 Å². The van der Waals surface area contributed by atoms with Gasteiger partial charge in [0.2, 0.25) is 5.91 Å². The van der Waals surface area contributed by atoms with Crippen LogP contribution in [0.1, 0.15) is 52.8 Å². The summed E-state index contributed by atoms with van der Waals surface area (Å²) < 4.78 is 1.84. The number of carbonyl (C=O) groups excluding carboxylic acids is 1. The number of amides is 1. The molecule has 2 aromatic rings. The molecule has 1 fully saturated rings. The molecule has 150 valence electrons. The van der Waals surface area contributed by atoms with Gasteiger partial charge in [-0.3, -0.25) is 9.48 Å². The van der Waals surface area contributed by atoms with Crippen molar-refractivity contribution in [1.29, 1.82) is 0 Å². The molecule has 7 heteroatoms. The Kier molecular flexibility index (Phi) is 5.19. The van der Waals surface area contributed by atoms with Crippen LogP contribution in [0.25, 0.3) is 0 Å². The lowest BCUT2D eigenvalue weighted by Crippen LogP contribution is -2.40. The second kappa shape index (κ2) is 7.62. The number of hydrogen-bond acceptors (Lipinski definition) is 5. The standard InChI is InChI=1S/C21H30N6O/c1-14-15(2)24-27(16(14)3)13-20(28)26-9-5-17(6-10-26)21-22-11-18-12-25(4)8-7-19(18)23-21/h11,17H,5-10,12-13H2,1-4H3. The molecule has 0 unspecified atom stereocenters. The molecule has 0 saturated carbocycles. The number of piperidine rings is 1. The van der Waals surface area contributed by atoms with E-state index in [-0.39, 0.29) is 5.91 Å². The van der Waals surface area contributed by atoms with Crippen LogP contribution in [-0.2, 0) is 24.3 Å². The maximum absolute atomic E-state index is 12.7. The van der Waals surface area contributed by atoms with Crippen LogP contribution in [0.3, 0.4) is 0 Å². The monoisotopic (exact) mass is 382 g/mol.